The summed E-state index contributed by atoms with van der Waals surface area (Å²) < 4.78 is 24.5. The molecule has 128 valence electrons. The first-order valence-corrected chi connectivity index (χ1v) is 7.58. The number of para-hydroxylation sites is 1. The number of ether oxygens (including phenoxy) is 1. The smallest absolute Gasteiger partial charge is 0.255 e. The van der Waals surface area contributed by atoms with E-state index in [1.54, 1.807) is 49.4 Å². The predicted octanol–water partition coefficient (Wildman–Crippen LogP) is 3.05. The summed E-state index contributed by atoms with van der Waals surface area (Å²) in [5.74, 6) is -0.00580. The molecule has 2 aromatic carbocycles. The van der Waals surface area contributed by atoms with Gasteiger partial charge < -0.3 is 14.6 Å². The van der Waals surface area contributed by atoms with E-state index < -0.39 is 17.8 Å². The van der Waals surface area contributed by atoms with E-state index in [1.807, 2.05) is 0 Å². The summed E-state index contributed by atoms with van der Waals surface area (Å²) >= 11 is 0. The fourth-order valence-corrected chi connectivity index (χ4v) is 2.46. The van der Waals surface area contributed by atoms with Crippen molar-refractivity contribution in [3.05, 3.63) is 77.2 Å². The van der Waals surface area contributed by atoms with Crippen molar-refractivity contribution in [3.8, 4) is 5.75 Å². The van der Waals surface area contributed by atoms with E-state index in [0.29, 0.717) is 17.2 Å². The van der Waals surface area contributed by atoms with E-state index in [1.165, 1.54) is 13.2 Å². The number of nitrogens with one attached hydrogen (secondary N) is 1. The normalized spacial score (nSPS) is 11.8. The Morgan fingerprint density at radius 3 is 2.60 bits per heavy atom. The number of carbonyl (C=O) groups is 1. The van der Waals surface area contributed by atoms with Gasteiger partial charge in [0.15, 0.2) is 5.82 Å². The molecule has 0 bridgehead atoms. The summed E-state index contributed by atoms with van der Waals surface area (Å²) in [6, 6.07) is 12.0. The lowest BCUT2D eigenvalue weighted by molar-refractivity contribution is 0.0937. The highest BCUT2D eigenvalue weighted by Gasteiger charge is 2.26. The van der Waals surface area contributed by atoms with E-state index >= 15 is 0 Å². The summed E-state index contributed by atoms with van der Waals surface area (Å²) in [7, 11) is 1.48. The highest BCUT2D eigenvalue weighted by Crippen LogP contribution is 2.24. The Labute approximate surface area is 143 Å². The van der Waals surface area contributed by atoms with Crippen molar-refractivity contribution in [1.82, 2.24) is 15.5 Å². The molecule has 0 saturated heterocycles. The van der Waals surface area contributed by atoms with E-state index in [-0.39, 0.29) is 11.4 Å². The number of carbonyl (C=O) groups excluding carboxylic acids is 1. The molecule has 1 aromatic heterocycles. The van der Waals surface area contributed by atoms with Crippen LogP contribution in [0, 0.1) is 12.7 Å². The number of rotatable bonds is 5. The predicted molar refractivity (Wildman–Crippen MR) is 87.7 cm³/mol. The highest BCUT2D eigenvalue weighted by atomic mass is 19.1. The second kappa shape index (κ2) is 7.12. The molecule has 6 nitrogen and oxygen atoms in total. The third kappa shape index (κ3) is 3.50. The zero-order valence-electron chi connectivity index (χ0n) is 13.7. The zero-order valence-corrected chi connectivity index (χ0v) is 13.7. The molecule has 3 aromatic rings. The van der Waals surface area contributed by atoms with Crippen molar-refractivity contribution in [2.24, 2.45) is 0 Å². The first kappa shape index (κ1) is 16.6. The molecule has 0 unspecified atom stereocenters. The molecule has 0 fully saturated rings. The molecule has 0 saturated carbocycles. The van der Waals surface area contributed by atoms with Gasteiger partial charge in [0.25, 0.3) is 5.91 Å². The average molecular weight is 341 g/mol. The molecule has 7 heteroatoms. The van der Waals surface area contributed by atoms with Gasteiger partial charge in [-0.05, 0) is 18.2 Å². The largest absolute Gasteiger partial charge is 0.496 e. The first-order valence-electron chi connectivity index (χ1n) is 7.58. The average Bonchev–Trinajstić information content (AvgIpc) is 3.06. The van der Waals surface area contributed by atoms with E-state index in [0.717, 1.165) is 0 Å². The van der Waals surface area contributed by atoms with Crippen LogP contribution in [0.1, 0.15) is 33.7 Å². The van der Waals surface area contributed by atoms with Gasteiger partial charge in [-0.25, -0.2) is 4.39 Å². The molecule has 25 heavy (non-hydrogen) atoms. The zero-order chi connectivity index (χ0) is 17.8. The van der Waals surface area contributed by atoms with Gasteiger partial charge >= 0.3 is 0 Å². The summed E-state index contributed by atoms with van der Waals surface area (Å²) in [6.45, 7) is 1.62. The maximum absolute atomic E-state index is 14.3. The lowest BCUT2D eigenvalue weighted by atomic mass is 10.0. The minimum atomic E-state index is -0.893. The first-order chi connectivity index (χ1) is 12.1. The number of aryl methyl sites for hydroxylation is 1. The van der Waals surface area contributed by atoms with Gasteiger partial charge in [0.2, 0.25) is 5.89 Å². The van der Waals surface area contributed by atoms with Gasteiger partial charge in [0.05, 0.1) is 12.7 Å². The topological polar surface area (TPSA) is 77.2 Å². The molecule has 0 aliphatic heterocycles. The molecule has 1 atom stereocenters. The van der Waals surface area contributed by atoms with Crippen LogP contribution >= 0.6 is 0 Å². The Morgan fingerprint density at radius 1 is 1.20 bits per heavy atom. The molecule has 0 spiro atoms. The van der Waals surface area contributed by atoms with E-state index in [4.69, 9.17) is 9.26 Å². The second-order valence-electron chi connectivity index (χ2n) is 5.30. The lowest BCUT2D eigenvalue weighted by Gasteiger charge is -2.17. The van der Waals surface area contributed by atoms with Crippen LogP contribution in [0.25, 0.3) is 0 Å². The van der Waals surface area contributed by atoms with E-state index in [9.17, 15) is 9.18 Å². The molecule has 3 rings (SSSR count). The molecule has 1 amide bonds. The number of benzene rings is 2. The summed E-state index contributed by atoms with van der Waals surface area (Å²) in [5.41, 5.74) is 0.568. The Balaban J connectivity index is 1.98. The SMILES string of the molecule is COc1ccccc1C(=O)N[C@H](c1noc(C)n1)c1ccccc1F. The van der Waals surface area contributed by atoms with Crippen molar-refractivity contribution >= 4 is 5.91 Å². The van der Waals surface area contributed by atoms with Crippen molar-refractivity contribution in [1.29, 1.82) is 0 Å². The monoisotopic (exact) mass is 341 g/mol. The molecule has 0 aliphatic rings. The van der Waals surface area contributed by atoms with E-state index in [2.05, 4.69) is 15.5 Å². The standard InChI is InChI=1S/C18H16FN3O3/c1-11-20-17(22-25-11)16(12-7-3-5-9-14(12)19)21-18(23)13-8-4-6-10-15(13)24-2/h3-10,16H,1-2H3,(H,21,23)/t16-/m0/s1. The number of aromatic nitrogens is 2. The Kier molecular flexibility index (Phi) is 4.74. The fraction of sp³-hybridized carbons (Fsp3) is 0.167. The van der Waals surface area contributed by atoms with Crippen LogP contribution < -0.4 is 10.1 Å². The summed E-state index contributed by atoms with van der Waals surface area (Å²) in [6.07, 6.45) is 0. The lowest BCUT2D eigenvalue weighted by Crippen LogP contribution is -2.31. The van der Waals surface area contributed by atoms with Gasteiger partial charge in [-0.2, -0.15) is 4.98 Å². The van der Waals surface area contributed by atoms with Gasteiger partial charge in [-0.3, -0.25) is 4.79 Å². The van der Waals surface area contributed by atoms with Crippen LogP contribution in [0.5, 0.6) is 5.75 Å². The van der Waals surface area contributed by atoms with Crippen molar-refractivity contribution < 1.29 is 18.4 Å². The van der Waals surface area contributed by atoms with Crippen LogP contribution in [-0.2, 0) is 0 Å². The number of methoxy groups -OCH3 is 1. The number of hydrogen-bond acceptors (Lipinski definition) is 5. The number of halogens is 1. The Bertz CT molecular complexity index is 895. The number of nitrogens with zero attached hydrogens (tertiary/aromatic N) is 2. The fourth-order valence-electron chi connectivity index (χ4n) is 2.46. The quantitative estimate of drug-likeness (QED) is 0.772. The highest BCUT2D eigenvalue weighted by molar-refractivity contribution is 5.97. The van der Waals surface area contributed by atoms with Gasteiger partial charge in [-0.1, -0.05) is 35.5 Å². The van der Waals surface area contributed by atoms with Gasteiger partial charge in [0, 0.05) is 12.5 Å². The molecule has 0 aliphatic carbocycles. The van der Waals surface area contributed by atoms with Crippen molar-refractivity contribution in [2.75, 3.05) is 7.11 Å². The maximum atomic E-state index is 14.3. The van der Waals surface area contributed by atoms with Crippen molar-refractivity contribution in [2.45, 2.75) is 13.0 Å². The molecule has 1 N–H and O–H groups in total. The van der Waals surface area contributed by atoms with Crippen LogP contribution in [0.3, 0.4) is 0 Å². The summed E-state index contributed by atoms with van der Waals surface area (Å²) in [4.78, 5) is 16.8. The number of hydrogen-bond donors (Lipinski definition) is 1. The molecular formula is C18H16FN3O3. The minimum Gasteiger partial charge on any atom is -0.496 e. The third-order valence-corrected chi connectivity index (χ3v) is 3.64. The molecular weight excluding hydrogens is 325 g/mol. The molecule has 0 radical (unpaired) electrons. The number of amides is 1. The van der Waals surface area contributed by atoms with Gasteiger partial charge in [0.1, 0.15) is 17.6 Å². The second-order valence-corrected chi connectivity index (χ2v) is 5.30. The Morgan fingerprint density at radius 2 is 1.92 bits per heavy atom. The molecule has 1 heterocycles. The maximum Gasteiger partial charge on any atom is 0.255 e. The van der Waals surface area contributed by atoms with Crippen molar-refractivity contribution in [3.63, 3.8) is 0 Å². The minimum absolute atomic E-state index is 0.172. The van der Waals surface area contributed by atoms with Crippen LogP contribution in [0.2, 0.25) is 0 Å². The third-order valence-electron chi connectivity index (χ3n) is 3.64. The van der Waals surface area contributed by atoms with Crippen LogP contribution in [0.4, 0.5) is 4.39 Å². The van der Waals surface area contributed by atoms with Crippen LogP contribution in [-0.4, -0.2) is 23.2 Å². The van der Waals surface area contributed by atoms with Crippen LogP contribution in [0.15, 0.2) is 53.1 Å². The summed E-state index contributed by atoms with van der Waals surface area (Å²) in [5, 5.41) is 6.57. The Hall–Kier alpha value is -3.22. The van der Waals surface area contributed by atoms with Gasteiger partial charge in [-0.15, -0.1) is 0 Å².